The van der Waals surface area contributed by atoms with Crippen LogP contribution < -0.4 is 11.5 Å². The van der Waals surface area contributed by atoms with E-state index >= 15 is 0 Å². The number of nitrogens with zero attached hydrogens (tertiary/aromatic N) is 1. The maximum atomic E-state index is 11.7. The average molecular weight is 263 g/mol. The molecule has 4 N–H and O–H groups in total. The molecule has 1 aromatic heterocycles. The standard InChI is InChI=1S/C16H13N3O/c17-14-13(16(18)20)11-8-4-5-9-12(11)19-15(14)10-6-2-1-3-7-10/h1-9H,17H2,(H2,18,20). The van der Waals surface area contributed by atoms with Gasteiger partial charge in [-0.25, -0.2) is 4.98 Å². The second-order valence-corrected chi connectivity index (χ2v) is 4.50. The zero-order valence-corrected chi connectivity index (χ0v) is 10.7. The van der Waals surface area contributed by atoms with Crippen LogP contribution in [0.2, 0.25) is 0 Å². The van der Waals surface area contributed by atoms with Crippen LogP contribution in [-0.2, 0) is 0 Å². The van der Waals surface area contributed by atoms with E-state index in [4.69, 9.17) is 11.5 Å². The zero-order valence-electron chi connectivity index (χ0n) is 10.7. The number of amides is 1. The summed E-state index contributed by atoms with van der Waals surface area (Å²) >= 11 is 0. The van der Waals surface area contributed by atoms with Gasteiger partial charge in [-0.15, -0.1) is 0 Å². The molecule has 0 bridgehead atoms. The van der Waals surface area contributed by atoms with Gasteiger partial charge in [-0.05, 0) is 6.07 Å². The van der Waals surface area contributed by atoms with Crippen LogP contribution in [0.4, 0.5) is 5.69 Å². The number of hydrogen-bond donors (Lipinski definition) is 2. The van der Waals surface area contributed by atoms with Crippen molar-refractivity contribution in [2.45, 2.75) is 0 Å². The van der Waals surface area contributed by atoms with Gasteiger partial charge in [0.1, 0.15) is 0 Å². The molecule has 4 nitrogen and oxygen atoms in total. The Morgan fingerprint density at radius 1 is 0.950 bits per heavy atom. The number of pyridine rings is 1. The molecule has 3 aromatic rings. The Bertz CT molecular complexity index is 797. The molecule has 0 unspecified atom stereocenters. The van der Waals surface area contributed by atoms with Crippen molar-refractivity contribution in [2.24, 2.45) is 5.73 Å². The quantitative estimate of drug-likeness (QED) is 0.745. The Morgan fingerprint density at radius 2 is 1.60 bits per heavy atom. The molecule has 0 saturated carbocycles. The molecule has 0 saturated heterocycles. The molecule has 0 atom stereocenters. The molecule has 0 aliphatic carbocycles. The zero-order chi connectivity index (χ0) is 14.1. The molecular weight excluding hydrogens is 250 g/mol. The van der Waals surface area contributed by atoms with Crippen LogP contribution in [0.3, 0.4) is 0 Å². The average Bonchev–Trinajstić information content (AvgIpc) is 2.47. The lowest BCUT2D eigenvalue weighted by Crippen LogP contribution is -2.15. The van der Waals surface area contributed by atoms with E-state index in [1.54, 1.807) is 6.07 Å². The first-order chi connectivity index (χ1) is 9.68. The van der Waals surface area contributed by atoms with Gasteiger partial charge < -0.3 is 11.5 Å². The number of primary amides is 1. The highest BCUT2D eigenvalue weighted by molar-refractivity contribution is 6.12. The lowest BCUT2D eigenvalue weighted by atomic mass is 10.0. The number of benzene rings is 2. The molecule has 0 radical (unpaired) electrons. The molecule has 2 aromatic carbocycles. The van der Waals surface area contributed by atoms with Gasteiger partial charge in [0, 0.05) is 10.9 Å². The summed E-state index contributed by atoms with van der Waals surface area (Å²) in [6.45, 7) is 0. The van der Waals surface area contributed by atoms with Gasteiger partial charge in [-0.3, -0.25) is 4.79 Å². The monoisotopic (exact) mass is 263 g/mol. The number of para-hydroxylation sites is 1. The van der Waals surface area contributed by atoms with Gasteiger partial charge in [-0.2, -0.15) is 0 Å². The largest absolute Gasteiger partial charge is 0.396 e. The first-order valence-corrected chi connectivity index (χ1v) is 6.22. The Kier molecular flexibility index (Phi) is 2.84. The molecule has 1 heterocycles. The molecule has 1 amide bonds. The molecule has 0 fully saturated rings. The number of anilines is 1. The van der Waals surface area contributed by atoms with E-state index in [-0.39, 0.29) is 0 Å². The fraction of sp³-hybridized carbons (Fsp3) is 0. The molecule has 98 valence electrons. The van der Waals surface area contributed by atoms with Crippen LogP contribution >= 0.6 is 0 Å². The van der Waals surface area contributed by atoms with E-state index in [1.165, 1.54) is 0 Å². The topological polar surface area (TPSA) is 82.0 Å². The fourth-order valence-electron chi connectivity index (χ4n) is 2.31. The normalized spacial score (nSPS) is 10.6. The van der Waals surface area contributed by atoms with Gasteiger partial charge in [0.15, 0.2) is 0 Å². The second kappa shape index (κ2) is 4.66. The summed E-state index contributed by atoms with van der Waals surface area (Å²) in [5, 5.41) is 0.678. The minimum atomic E-state index is -0.543. The second-order valence-electron chi connectivity index (χ2n) is 4.50. The summed E-state index contributed by atoms with van der Waals surface area (Å²) in [5.41, 5.74) is 14.4. The third-order valence-corrected chi connectivity index (χ3v) is 3.22. The van der Waals surface area contributed by atoms with Crippen LogP contribution in [0.25, 0.3) is 22.2 Å². The SMILES string of the molecule is NC(=O)c1c(N)c(-c2ccccc2)nc2ccccc12. The van der Waals surface area contributed by atoms with E-state index < -0.39 is 5.91 Å². The van der Waals surface area contributed by atoms with Crippen molar-refractivity contribution < 1.29 is 4.79 Å². The number of fused-ring (bicyclic) bond motifs is 1. The fourth-order valence-corrected chi connectivity index (χ4v) is 2.31. The van der Waals surface area contributed by atoms with Crippen molar-refractivity contribution >= 4 is 22.5 Å². The molecule has 0 spiro atoms. The van der Waals surface area contributed by atoms with E-state index in [0.29, 0.717) is 27.8 Å². The third kappa shape index (κ3) is 1.87. The van der Waals surface area contributed by atoms with Gasteiger partial charge in [0.2, 0.25) is 0 Å². The maximum Gasteiger partial charge on any atom is 0.251 e. The number of hydrogen-bond acceptors (Lipinski definition) is 3. The van der Waals surface area contributed by atoms with Crippen LogP contribution in [-0.4, -0.2) is 10.9 Å². The highest BCUT2D eigenvalue weighted by Gasteiger charge is 2.17. The van der Waals surface area contributed by atoms with Crippen molar-refractivity contribution in [1.29, 1.82) is 0 Å². The van der Waals surface area contributed by atoms with Crippen molar-refractivity contribution in [3.63, 3.8) is 0 Å². The minimum Gasteiger partial charge on any atom is -0.396 e. The lowest BCUT2D eigenvalue weighted by molar-refractivity contribution is 0.100. The molecule has 0 aliphatic heterocycles. The molecular formula is C16H13N3O. The van der Waals surface area contributed by atoms with Crippen LogP contribution in [0.1, 0.15) is 10.4 Å². The van der Waals surface area contributed by atoms with Gasteiger partial charge in [-0.1, -0.05) is 48.5 Å². The summed E-state index contributed by atoms with van der Waals surface area (Å²) in [6, 6.07) is 16.8. The summed E-state index contributed by atoms with van der Waals surface area (Å²) < 4.78 is 0. The Hall–Kier alpha value is -2.88. The Labute approximate surface area is 116 Å². The summed E-state index contributed by atoms with van der Waals surface area (Å²) in [6.07, 6.45) is 0. The van der Waals surface area contributed by atoms with E-state index in [0.717, 1.165) is 5.56 Å². The summed E-state index contributed by atoms with van der Waals surface area (Å²) in [5.74, 6) is -0.543. The molecule has 3 rings (SSSR count). The number of carbonyl (C=O) groups is 1. The predicted octanol–water partition coefficient (Wildman–Crippen LogP) is 2.58. The van der Waals surface area contributed by atoms with E-state index in [2.05, 4.69) is 4.98 Å². The van der Waals surface area contributed by atoms with E-state index in [1.807, 2.05) is 48.5 Å². The predicted molar refractivity (Wildman–Crippen MR) is 80.1 cm³/mol. The van der Waals surface area contributed by atoms with Crippen LogP contribution in [0, 0.1) is 0 Å². The minimum absolute atomic E-state index is 0.322. The first kappa shape index (κ1) is 12.2. The van der Waals surface area contributed by atoms with Crippen LogP contribution in [0.5, 0.6) is 0 Å². The number of carbonyl (C=O) groups excluding carboxylic acids is 1. The summed E-state index contributed by atoms with van der Waals surface area (Å²) in [4.78, 5) is 16.3. The maximum absolute atomic E-state index is 11.7. The Morgan fingerprint density at radius 3 is 2.30 bits per heavy atom. The van der Waals surface area contributed by atoms with Gasteiger partial charge in [0.05, 0.1) is 22.5 Å². The Balaban J connectivity index is 2.40. The lowest BCUT2D eigenvalue weighted by Gasteiger charge is -2.12. The molecule has 20 heavy (non-hydrogen) atoms. The van der Waals surface area contributed by atoms with Crippen LogP contribution in [0.15, 0.2) is 54.6 Å². The van der Waals surface area contributed by atoms with Gasteiger partial charge >= 0.3 is 0 Å². The van der Waals surface area contributed by atoms with Crippen molar-refractivity contribution in [3.8, 4) is 11.3 Å². The van der Waals surface area contributed by atoms with Crippen molar-refractivity contribution in [3.05, 3.63) is 60.2 Å². The van der Waals surface area contributed by atoms with Crippen molar-refractivity contribution in [2.75, 3.05) is 5.73 Å². The van der Waals surface area contributed by atoms with E-state index in [9.17, 15) is 4.79 Å². The molecule has 0 aliphatic rings. The smallest absolute Gasteiger partial charge is 0.251 e. The summed E-state index contributed by atoms with van der Waals surface area (Å²) in [7, 11) is 0. The highest BCUT2D eigenvalue weighted by Crippen LogP contribution is 2.31. The highest BCUT2D eigenvalue weighted by atomic mass is 16.1. The number of nitrogen functional groups attached to an aromatic ring is 1. The van der Waals surface area contributed by atoms with Crippen molar-refractivity contribution in [1.82, 2.24) is 4.98 Å². The number of nitrogens with two attached hydrogens (primary N) is 2. The number of aromatic nitrogens is 1. The number of rotatable bonds is 2. The third-order valence-electron chi connectivity index (χ3n) is 3.22. The molecule has 4 heteroatoms. The van der Waals surface area contributed by atoms with Gasteiger partial charge in [0.25, 0.3) is 5.91 Å². The first-order valence-electron chi connectivity index (χ1n) is 6.22.